The minimum atomic E-state index is -0.390. The molecule has 0 fully saturated rings. The molecule has 0 aliphatic carbocycles. The summed E-state index contributed by atoms with van der Waals surface area (Å²) in [6.45, 7) is 4.27. The Bertz CT molecular complexity index is 1020. The molecule has 0 aliphatic rings. The molecule has 6 heteroatoms. The summed E-state index contributed by atoms with van der Waals surface area (Å²) >= 11 is 0. The third-order valence-corrected chi connectivity index (χ3v) is 4.15. The number of hydrogen-bond donors (Lipinski definition) is 1. The van der Waals surface area contributed by atoms with Crippen LogP contribution in [0, 0.1) is 0 Å². The van der Waals surface area contributed by atoms with Gasteiger partial charge in [-0.05, 0) is 43.2 Å². The quantitative estimate of drug-likeness (QED) is 0.593. The lowest BCUT2D eigenvalue weighted by Gasteiger charge is -2.12. The highest BCUT2D eigenvalue weighted by atomic mass is 16.5. The second kappa shape index (κ2) is 9.08. The molecule has 0 atom stereocenters. The van der Waals surface area contributed by atoms with Crippen molar-refractivity contribution in [1.82, 2.24) is 0 Å². The molecule has 28 heavy (non-hydrogen) atoms. The van der Waals surface area contributed by atoms with Crippen LogP contribution in [0.5, 0.6) is 11.5 Å². The van der Waals surface area contributed by atoms with E-state index in [9.17, 15) is 9.59 Å². The van der Waals surface area contributed by atoms with E-state index in [2.05, 4.69) is 12.2 Å². The fraction of sp³-hybridized carbons (Fsp3) is 0.273. The van der Waals surface area contributed by atoms with Gasteiger partial charge in [-0.3, -0.25) is 4.79 Å². The smallest absolute Gasteiger partial charge is 0.336 e. The first kappa shape index (κ1) is 19.5. The Kier molecular flexibility index (Phi) is 6.32. The molecular weight excluding hydrogens is 358 g/mol. The van der Waals surface area contributed by atoms with E-state index in [0.717, 1.165) is 23.8 Å². The lowest BCUT2D eigenvalue weighted by molar-refractivity contribution is -0.118. The molecule has 0 bridgehead atoms. The van der Waals surface area contributed by atoms with Gasteiger partial charge in [0.25, 0.3) is 5.91 Å². The van der Waals surface area contributed by atoms with Gasteiger partial charge < -0.3 is 19.2 Å². The summed E-state index contributed by atoms with van der Waals surface area (Å²) in [6, 6.07) is 14.0. The van der Waals surface area contributed by atoms with Crippen LogP contribution in [0.4, 0.5) is 5.69 Å². The molecule has 2 aromatic carbocycles. The Hall–Kier alpha value is -3.28. The zero-order valence-corrected chi connectivity index (χ0v) is 16.0. The van der Waals surface area contributed by atoms with Crippen LogP contribution in [-0.2, 0) is 11.2 Å². The van der Waals surface area contributed by atoms with Crippen LogP contribution < -0.4 is 20.4 Å². The molecule has 1 aromatic heterocycles. The molecule has 0 saturated carbocycles. The Morgan fingerprint density at radius 2 is 1.89 bits per heavy atom. The summed E-state index contributed by atoms with van der Waals surface area (Å²) in [5, 5.41) is 3.65. The molecule has 146 valence electrons. The lowest BCUT2D eigenvalue weighted by Crippen LogP contribution is -2.20. The highest BCUT2D eigenvalue weighted by Crippen LogP contribution is 2.25. The van der Waals surface area contributed by atoms with Gasteiger partial charge in [0.2, 0.25) is 0 Å². The minimum absolute atomic E-state index is 0.176. The summed E-state index contributed by atoms with van der Waals surface area (Å²) in [4.78, 5) is 24.0. The van der Waals surface area contributed by atoms with Crippen molar-refractivity contribution in [2.24, 2.45) is 0 Å². The van der Waals surface area contributed by atoms with Gasteiger partial charge in [-0.2, -0.15) is 0 Å². The number of carbonyl (C=O) groups excluding carboxylic acids is 1. The largest absolute Gasteiger partial charge is 0.492 e. The third-order valence-electron chi connectivity index (χ3n) is 4.15. The number of rotatable bonds is 8. The van der Waals surface area contributed by atoms with Gasteiger partial charge in [0.1, 0.15) is 17.1 Å². The molecule has 3 aromatic rings. The first-order valence-corrected chi connectivity index (χ1v) is 9.32. The van der Waals surface area contributed by atoms with E-state index in [1.165, 1.54) is 6.07 Å². The van der Waals surface area contributed by atoms with Gasteiger partial charge in [-0.25, -0.2) is 4.79 Å². The van der Waals surface area contributed by atoms with Gasteiger partial charge in [0.05, 0.1) is 12.3 Å². The van der Waals surface area contributed by atoms with Crippen molar-refractivity contribution in [2.75, 3.05) is 18.5 Å². The highest BCUT2D eigenvalue weighted by molar-refractivity contribution is 5.93. The van der Waals surface area contributed by atoms with Crippen LogP contribution in [0.3, 0.4) is 0 Å². The summed E-state index contributed by atoms with van der Waals surface area (Å²) in [7, 11) is 0. The second-order valence-electron chi connectivity index (χ2n) is 6.26. The average Bonchev–Trinajstić information content (AvgIpc) is 2.68. The standard InChI is InChI=1S/C22H23NO5/c1-3-7-15-12-22(25)28-20-13-16(10-11-17(15)20)27-14-21(24)23-18-8-5-6-9-19(18)26-4-2/h5-6,8-13H,3-4,7,14H2,1-2H3,(H,23,24). The van der Waals surface area contributed by atoms with Crippen molar-refractivity contribution in [2.45, 2.75) is 26.7 Å². The summed E-state index contributed by atoms with van der Waals surface area (Å²) in [5.74, 6) is 0.750. The van der Waals surface area contributed by atoms with Crippen molar-refractivity contribution in [3.05, 3.63) is 64.5 Å². The number of nitrogens with one attached hydrogen (secondary N) is 1. The maximum absolute atomic E-state index is 12.2. The predicted molar refractivity (Wildman–Crippen MR) is 108 cm³/mol. The number of para-hydroxylation sites is 2. The van der Waals surface area contributed by atoms with Crippen LogP contribution in [0.2, 0.25) is 0 Å². The molecule has 3 rings (SSSR count). The Labute approximate surface area is 163 Å². The minimum Gasteiger partial charge on any atom is -0.492 e. The zero-order valence-electron chi connectivity index (χ0n) is 16.0. The first-order chi connectivity index (χ1) is 13.6. The fourth-order valence-corrected chi connectivity index (χ4v) is 2.96. The SMILES string of the molecule is CCCc1cc(=O)oc2cc(OCC(=O)Nc3ccccc3OCC)ccc12. The van der Waals surface area contributed by atoms with E-state index in [4.69, 9.17) is 13.9 Å². The Morgan fingerprint density at radius 1 is 1.07 bits per heavy atom. The lowest BCUT2D eigenvalue weighted by atomic mass is 10.1. The number of anilines is 1. The topological polar surface area (TPSA) is 77.8 Å². The molecule has 0 aliphatic heterocycles. The Balaban J connectivity index is 1.70. The first-order valence-electron chi connectivity index (χ1n) is 9.32. The van der Waals surface area contributed by atoms with Crippen molar-refractivity contribution in [3.8, 4) is 11.5 Å². The number of aryl methyl sites for hydroxylation is 1. The summed E-state index contributed by atoms with van der Waals surface area (Å²) in [6.07, 6.45) is 1.73. The molecule has 6 nitrogen and oxygen atoms in total. The van der Waals surface area contributed by atoms with E-state index in [0.29, 0.717) is 29.4 Å². The van der Waals surface area contributed by atoms with E-state index in [-0.39, 0.29) is 12.5 Å². The number of carbonyl (C=O) groups is 1. The van der Waals surface area contributed by atoms with Crippen molar-refractivity contribution >= 4 is 22.6 Å². The van der Waals surface area contributed by atoms with Crippen LogP contribution in [0.1, 0.15) is 25.8 Å². The van der Waals surface area contributed by atoms with Gasteiger partial charge in [0, 0.05) is 17.5 Å². The monoisotopic (exact) mass is 381 g/mol. The van der Waals surface area contributed by atoms with Crippen molar-refractivity contribution in [1.29, 1.82) is 0 Å². The van der Waals surface area contributed by atoms with Gasteiger partial charge in [0.15, 0.2) is 6.61 Å². The number of amides is 1. The molecule has 1 amide bonds. The number of hydrogen-bond acceptors (Lipinski definition) is 5. The molecule has 1 N–H and O–H groups in total. The summed E-state index contributed by atoms with van der Waals surface area (Å²) < 4.78 is 16.3. The van der Waals surface area contributed by atoms with Crippen molar-refractivity contribution < 1.29 is 18.7 Å². The number of fused-ring (bicyclic) bond motifs is 1. The molecule has 0 saturated heterocycles. The third kappa shape index (κ3) is 4.71. The average molecular weight is 381 g/mol. The summed E-state index contributed by atoms with van der Waals surface area (Å²) in [5.41, 5.74) is 1.60. The van der Waals surface area contributed by atoms with Crippen LogP contribution in [0.15, 0.2) is 57.7 Å². The van der Waals surface area contributed by atoms with E-state index in [1.807, 2.05) is 25.1 Å². The van der Waals surface area contributed by atoms with E-state index < -0.39 is 5.63 Å². The van der Waals surface area contributed by atoms with E-state index in [1.54, 1.807) is 24.3 Å². The number of benzene rings is 2. The van der Waals surface area contributed by atoms with Crippen molar-refractivity contribution in [3.63, 3.8) is 0 Å². The molecular formula is C22H23NO5. The van der Waals surface area contributed by atoms with Gasteiger partial charge in [-0.15, -0.1) is 0 Å². The maximum Gasteiger partial charge on any atom is 0.336 e. The fourth-order valence-electron chi connectivity index (χ4n) is 2.96. The van der Waals surface area contributed by atoms with Crippen LogP contribution in [-0.4, -0.2) is 19.1 Å². The van der Waals surface area contributed by atoms with Crippen LogP contribution in [0.25, 0.3) is 11.0 Å². The van der Waals surface area contributed by atoms with E-state index >= 15 is 0 Å². The predicted octanol–water partition coefficient (Wildman–Crippen LogP) is 4.16. The zero-order chi connectivity index (χ0) is 19.9. The normalized spacial score (nSPS) is 10.6. The Morgan fingerprint density at radius 3 is 2.68 bits per heavy atom. The maximum atomic E-state index is 12.2. The van der Waals surface area contributed by atoms with Gasteiger partial charge >= 0.3 is 5.63 Å². The molecule has 0 unspecified atom stereocenters. The molecule has 0 spiro atoms. The second-order valence-corrected chi connectivity index (χ2v) is 6.26. The molecule has 0 radical (unpaired) electrons. The van der Waals surface area contributed by atoms with Gasteiger partial charge in [-0.1, -0.05) is 25.5 Å². The number of ether oxygens (including phenoxy) is 2. The van der Waals surface area contributed by atoms with Crippen LogP contribution >= 0.6 is 0 Å². The highest BCUT2D eigenvalue weighted by Gasteiger charge is 2.10. The molecule has 1 heterocycles.